The van der Waals surface area contributed by atoms with Crippen molar-refractivity contribution in [1.29, 1.82) is 0 Å². The molecule has 0 heterocycles. The Morgan fingerprint density at radius 3 is 2.93 bits per heavy atom. The molecule has 0 spiro atoms. The van der Waals surface area contributed by atoms with Gasteiger partial charge in [-0.1, -0.05) is 6.07 Å². The maximum Gasteiger partial charge on any atom is 0.120 e. The second-order valence-electron chi connectivity index (χ2n) is 4.44. The van der Waals surface area contributed by atoms with Gasteiger partial charge in [0.05, 0.1) is 12.2 Å². The van der Waals surface area contributed by atoms with Gasteiger partial charge in [-0.3, -0.25) is 0 Å². The molecule has 1 aromatic carbocycles. The molecule has 1 aromatic rings. The van der Waals surface area contributed by atoms with Gasteiger partial charge in [-0.05, 0) is 56.4 Å². The Kier molecular flexibility index (Phi) is 2.96. The first-order valence-corrected chi connectivity index (χ1v) is 5.64. The first-order valence-electron chi connectivity index (χ1n) is 5.64. The van der Waals surface area contributed by atoms with Crippen LogP contribution in [0.25, 0.3) is 0 Å². The molecular formula is C13H18O2. The summed E-state index contributed by atoms with van der Waals surface area (Å²) in [5.41, 5.74) is 2.32. The fourth-order valence-electron chi connectivity index (χ4n) is 2.10. The smallest absolute Gasteiger partial charge is 0.120 e. The lowest BCUT2D eigenvalue weighted by atomic mass is 9.89. The molecule has 82 valence electrons. The molecule has 1 aliphatic rings. The first-order chi connectivity index (χ1) is 7.16. The van der Waals surface area contributed by atoms with E-state index in [9.17, 15) is 5.11 Å². The van der Waals surface area contributed by atoms with E-state index in [1.54, 1.807) is 0 Å². The standard InChI is InChI=1S/C13H18O2/c1-9(2)15-11-7-6-10-4-3-5-13(14)12(10)8-11/h6-9,13-14H,3-5H2,1-2H3. The third-order valence-electron chi connectivity index (χ3n) is 2.77. The number of hydrogen-bond acceptors (Lipinski definition) is 2. The van der Waals surface area contributed by atoms with Crippen LogP contribution in [-0.4, -0.2) is 11.2 Å². The highest BCUT2D eigenvalue weighted by Gasteiger charge is 2.18. The maximum atomic E-state index is 9.86. The van der Waals surface area contributed by atoms with E-state index >= 15 is 0 Å². The van der Waals surface area contributed by atoms with E-state index in [4.69, 9.17) is 4.74 Å². The predicted octanol–water partition coefficient (Wildman–Crippen LogP) is 2.84. The molecule has 0 aliphatic heterocycles. The summed E-state index contributed by atoms with van der Waals surface area (Å²) in [5, 5.41) is 9.86. The van der Waals surface area contributed by atoms with E-state index in [1.807, 2.05) is 26.0 Å². The van der Waals surface area contributed by atoms with Crippen molar-refractivity contribution in [1.82, 2.24) is 0 Å². The van der Waals surface area contributed by atoms with E-state index in [-0.39, 0.29) is 12.2 Å². The molecule has 0 fully saturated rings. The van der Waals surface area contributed by atoms with Crippen LogP contribution in [-0.2, 0) is 6.42 Å². The van der Waals surface area contributed by atoms with E-state index in [1.165, 1.54) is 5.56 Å². The van der Waals surface area contributed by atoms with Gasteiger partial charge in [-0.25, -0.2) is 0 Å². The molecule has 0 radical (unpaired) electrons. The summed E-state index contributed by atoms with van der Waals surface area (Å²) >= 11 is 0. The van der Waals surface area contributed by atoms with Crippen LogP contribution < -0.4 is 4.74 Å². The lowest BCUT2D eigenvalue weighted by molar-refractivity contribution is 0.155. The molecule has 1 aliphatic carbocycles. The third-order valence-corrected chi connectivity index (χ3v) is 2.77. The average molecular weight is 206 g/mol. The molecular weight excluding hydrogens is 188 g/mol. The van der Waals surface area contributed by atoms with E-state index in [2.05, 4.69) is 6.07 Å². The van der Waals surface area contributed by atoms with Gasteiger partial charge in [0.2, 0.25) is 0 Å². The Bertz CT molecular complexity index is 344. The molecule has 0 aromatic heterocycles. The summed E-state index contributed by atoms with van der Waals surface area (Å²) in [7, 11) is 0. The van der Waals surface area contributed by atoms with Crippen molar-refractivity contribution in [2.45, 2.75) is 45.3 Å². The van der Waals surface area contributed by atoms with Gasteiger partial charge in [-0.15, -0.1) is 0 Å². The molecule has 1 unspecified atom stereocenters. The van der Waals surface area contributed by atoms with Crippen LogP contribution in [0.3, 0.4) is 0 Å². The average Bonchev–Trinajstić information content (AvgIpc) is 2.18. The van der Waals surface area contributed by atoms with Crippen molar-refractivity contribution in [3.63, 3.8) is 0 Å². The number of fused-ring (bicyclic) bond motifs is 1. The van der Waals surface area contributed by atoms with Gasteiger partial charge >= 0.3 is 0 Å². The monoisotopic (exact) mass is 206 g/mol. The summed E-state index contributed by atoms with van der Waals surface area (Å²) in [6, 6.07) is 6.06. The molecule has 0 amide bonds. The highest BCUT2D eigenvalue weighted by molar-refractivity contribution is 5.38. The number of ether oxygens (including phenoxy) is 1. The number of aliphatic hydroxyl groups excluding tert-OH is 1. The van der Waals surface area contributed by atoms with Crippen LogP contribution in [0.4, 0.5) is 0 Å². The topological polar surface area (TPSA) is 29.5 Å². The van der Waals surface area contributed by atoms with Crippen molar-refractivity contribution in [2.75, 3.05) is 0 Å². The van der Waals surface area contributed by atoms with E-state index < -0.39 is 0 Å². The summed E-state index contributed by atoms with van der Waals surface area (Å²) in [5.74, 6) is 0.865. The maximum absolute atomic E-state index is 9.86. The lowest BCUT2D eigenvalue weighted by Gasteiger charge is -2.22. The van der Waals surface area contributed by atoms with E-state index in [0.717, 1.165) is 30.6 Å². The van der Waals surface area contributed by atoms with Gasteiger partial charge in [-0.2, -0.15) is 0 Å². The zero-order valence-electron chi connectivity index (χ0n) is 9.36. The van der Waals surface area contributed by atoms with Crippen LogP contribution in [0, 0.1) is 0 Å². The molecule has 1 N–H and O–H groups in total. The molecule has 1 atom stereocenters. The highest BCUT2D eigenvalue weighted by atomic mass is 16.5. The Hall–Kier alpha value is -1.02. The Morgan fingerprint density at radius 2 is 2.20 bits per heavy atom. The van der Waals surface area contributed by atoms with Crippen molar-refractivity contribution in [2.24, 2.45) is 0 Å². The van der Waals surface area contributed by atoms with Gasteiger partial charge in [0.1, 0.15) is 5.75 Å². The van der Waals surface area contributed by atoms with Crippen LogP contribution in [0.1, 0.15) is 43.9 Å². The largest absolute Gasteiger partial charge is 0.491 e. The normalized spacial score (nSPS) is 20.1. The van der Waals surface area contributed by atoms with Crippen LogP contribution in [0.5, 0.6) is 5.75 Å². The highest BCUT2D eigenvalue weighted by Crippen LogP contribution is 2.32. The zero-order chi connectivity index (χ0) is 10.8. The van der Waals surface area contributed by atoms with E-state index in [0.29, 0.717) is 0 Å². The second-order valence-corrected chi connectivity index (χ2v) is 4.44. The molecule has 15 heavy (non-hydrogen) atoms. The molecule has 0 saturated carbocycles. The second kappa shape index (κ2) is 4.23. The summed E-state index contributed by atoms with van der Waals surface area (Å²) in [6.45, 7) is 4.02. The number of aryl methyl sites for hydroxylation is 1. The van der Waals surface area contributed by atoms with Crippen molar-refractivity contribution >= 4 is 0 Å². The number of aliphatic hydroxyl groups is 1. The van der Waals surface area contributed by atoms with Crippen molar-refractivity contribution in [3.05, 3.63) is 29.3 Å². The summed E-state index contributed by atoms with van der Waals surface area (Å²) in [6.07, 6.45) is 2.92. The van der Waals surface area contributed by atoms with Crippen molar-refractivity contribution < 1.29 is 9.84 Å². The minimum atomic E-state index is -0.301. The number of hydrogen-bond donors (Lipinski definition) is 1. The number of rotatable bonds is 2. The van der Waals surface area contributed by atoms with Gasteiger partial charge < -0.3 is 9.84 Å². The minimum absolute atomic E-state index is 0.184. The zero-order valence-corrected chi connectivity index (χ0v) is 9.36. The molecule has 0 bridgehead atoms. The van der Waals surface area contributed by atoms with Crippen LogP contribution >= 0.6 is 0 Å². The SMILES string of the molecule is CC(C)Oc1ccc2c(c1)C(O)CCC2. The van der Waals surface area contributed by atoms with Crippen molar-refractivity contribution in [3.8, 4) is 5.75 Å². The Labute approximate surface area is 90.9 Å². The lowest BCUT2D eigenvalue weighted by Crippen LogP contribution is -2.11. The quantitative estimate of drug-likeness (QED) is 0.806. The molecule has 2 heteroatoms. The Morgan fingerprint density at radius 1 is 1.40 bits per heavy atom. The summed E-state index contributed by atoms with van der Waals surface area (Å²) < 4.78 is 5.62. The third kappa shape index (κ3) is 2.32. The van der Waals surface area contributed by atoms with Gasteiger partial charge in [0.15, 0.2) is 0 Å². The fraction of sp³-hybridized carbons (Fsp3) is 0.538. The van der Waals surface area contributed by atoms with Crippen LogP contribution in [0.15, 0.2) is 18.2 Å². The van der Waals surface area contributed by atoms with Crippen LogP contribution in [0.2, 0.25) is 0 Å². The number of benzene rings is 1. The van der Waals surface area contributed by atoms with Gasteiger partial charge in [0, 0.05) is 0 Å². The molecule has 2 rings (SSSR count). The molecule has 2 nitrogen and oxygen atoms in total. The first kappa shape index (κ1) is 10.5. The Balaban J connectivity index is 2.27. The minimum Gasteiger partial charge on any atom is -0.491 e. The fourth-order valence-corrected chi connectivity index (χ4v) is 2.10. The van der Waals surface area contributed by atoms with Gasteiger partial charge in [0.25, 0.3) is 0 Å². The summed E-state index contributed by atoms with van der Waals surface area (Å²) in [4.78, 5) is 0. The predicted molar refractivity (Wildman–Crippen MR) is 60.1 cm³/mol. The molecule has 0 saturated heterocycles.